The summed E-state index contributed by atoms with van der Waals surface area (Å²) in [5.41, 5.74) is 3.81. The van der Waals surface area contributed by atoms with E-state index in [0.29, 0.717) is 83.0 Å². The van der Waals surface area contributed by atoms with Gasteiger partial charge in [0.2, 0.25) is 5.95 Å². The molecule has 14 rings (SSSR count). The van der Waals surface area contributed by atoms with Crippen LogP contribution >= 0.6 is 58.7 Å². The highest BCUT2D eigenvalue weighted by molar-refractivity contribution is 14.1. The highest BCUT2D eigenvalue weighted by Crippen LogP contribution is 2.39. The van der Waals surface area contributed by atoms with E-state index in [1.54, 1.807) is 12.1 Å². The van der Waals surface area contributed by atoms with Gasteiger partial charge in [0.15, 0.2) is 0 Å². The molecule has 9 saturated heterocycles. The Morgan fingerprint density at radius 2 is 0.962 bits per heavy atom. The average Bonchev–Trinajstić information content (AvgIpc) is 1.76. The predicted molar refractivity (Wildman–Crippen MR) is 429 cm³/mol. The SMILES string of the molecule is C.CC1(O)CN(c2cc(I)cc(N3CCOCC3)n2)C1.CC1(O)CNC1.CC[C@@H]1CCN(C(=O)Nc2ccc(C)c(-c3cc(N4CCOCC4)nc(N4CC(C)(O)C4)c3)c2)C1.Cc1ccc(NC(=O)N2CC[C@@H](CC(F)(F)F)C2)cc1B1OC(C)(C)C(C)(C)O1.Fc1cc(I)cc(N2CCOCC2)n1.S. The van der Waals surface area contributed by atoms with Crippen molar-refractivity contribution >= 4 is 124 Å². The van der Waals surface area contributed by atoms with E-state index < -0.39 is 60.0 Å². The van der Waals surface area contributed by atoms with Gasteiger partial charge in [-0.15, -0.1) is 0 Å². The lowest BCUT2D eigenvalue weighted by atomic mass is 9.76. The summed E-state index contributed by atoms with van der Waals surface area (Å²) < 4.78 is 81.1. The van der Waals surface area contributed by atoms with Gasteiger partial charge < -0.3 is 89.1 Å². The van der Waals surface area contributed by atoms with Crippen LogP contribution in [0.15, 0.2) is 72.8 Å². The predicted octanol–water partition coefficient (Wildman–Crippen LogP) is 10.7. The standard InChI is InChI=1S/C27H37N5O3.C20H28BF3N2O3.C13H18IN3O2.C9H10FIN2O.C4H9NO.CH4.H2S/c1-4-20-7-8-31(16-20)26(33)28-22-6-5-19(2)23(15-22)21-13-24(30-9-11-35-12-10-30)29-25(14-21)32-17-27(3,34)18-32;1-13-6-7-15(10-16(13)21-28-18(2,3)19(4,5)29-21)25-17(27)26-9-8-14(12-26)11-20(22,23)24;1-13(18)8-17(9-13)12-7-10(14)6-11(15-12)16-2-4-19-5-3-16;10-8-5-7(11)6-9(12-8)13-1-3-14-4-2-13;1-4(6)2-5-3-4;;/h5-6,13-15,20,34H,4,7-12,16-18H2,1-3H3,(H,28,33);6-7,10,14H,8-9,11-12H2,1-5H3,(H,25,27);6-7,18H,2-5,8-9H2,1H3;5-6H,1-4H2;5-6H,2-3H2,1H3;1H4;1H2/t20-;14-;;;;;/m10...../s1. The van der Waals surface area contributed by atoms with Crippen LogP contribution in [-0.2, 0) is 23.5 Å². The zero-order chi connectivity index (χ0) is 74.2. The zero-order valence-corrected chi connectivity index (χ0v) is 66.8. The first-order chi connectivity index (χ1) is 48.6. The van der Waals surface area contributed by atoms with Gasteiger partial charge in [0.05, 0.1) is 67.6 Å². The number of nitrogens with zero attached hydrogens (tertiary/aromatic N) is 10. The minimum atomic E-state index is -4.20. The fourth-order valence-electron chi connectivity index (χ4n) is 13.3. The van der Waals surface area contributed by atoms with Crippen LogP contribution < -0.4 is 45.9 Å². The molecule has 6 N–H and O–H groups in total. The number of hydrogen-bond donors (Lipinski definition) is 6. The maximum atomic E-state index is 13.0. The summed E-state index contributed by atoms with van der Waals surface area (Å²) in [5.74, 6) is 4.10. The van der Waals surface area contributed by atoms with Crippen LogP contribution in [0.25, 0.3) is 11.1 Å². The third kappa shape index (κ3) is 23.8. The first kappa shape index (κ1) is 85.3. The Labute approximate surface area is 651 Å². The van der Waals surface area contributed by atoms with E-state index in [4.69, 9.17) is 38.6 Å². The van der Waals surface area contributed by atoms with Crippen molar-refractivity contribution in [2.75, 3.05) is 179 Å². The number of urea groups is 2. The van der Waals surface area contributed by atoms with Crippen LogP contribution in [0, 0.1) is 38.8 Å². The van der Waals surface area contributed by atoms with Gasteiger partial charge in [0, 0.05) is 136 Å². The Morgan fingerprint density at radius 3 is 1.37 bits per heavy atom. The minimum Gasteiger partial charge on any atom is -0.399 e. The molecule has 12 heterocycles. The number of aryl methyl sites for hydroxylation is 2. The second kappa shape index (κ2) is 36.5. The van der Waals surface area contributed by atoms with E-state index in [9.17, 15) is 37.4 Å². The van der Waals surface area contributed by atoms with Gasteiger partial charge in [0.1, 0.15) is 29.1 Å². The summed E-state index contributed by atoms with van der Waals surface area (Å²) in [4.78, 5) is 53.1. The Bertz CT molecular complexity index is 3670. The van der Waals surface area contributed by atoms with Crippen molar-refractivity contribution in [1.82, 2.24) is 30.1 Å². The van der Waals surface area contributed by atoms with Crippen LogP contribution in [-0.4, -0.2) is 238 Å². The molecule has 0 unspecified atom stereocenters. The normalized spacial score (nSPS) is 21.7. The number of morpholine rings is 3. The molecule has 3 aromatic heterocycles. The Kier molecular flexibility index (Phi) is 29.6. The van der Waals surface area contributed by atoms with Gasteiger partial charge in [-0.3, -0.25) is 0 Å². The van der Waals surface area contributed by atoms with Crippen LogP contribution in [0.5, 0.6) is 0 Å². The number of pyridine rings is 3. The second-order valence-electron chi connectivity index (χ2n) is 30.1. The molecule has 5 aromatic rings. The molecule has 105 heavy (non-hydrogen) atoms. The van der Waals surface area contributed by atoms with E-state index >= 15 is 0 Å². The molecule has 0 radical (unpaired) electrons. The summed E-state index contributed by atoms with van der Waals surface area (Å²) in [5, 5.41) is 37.8. The Balaban J connectivity index is 0.000000179. The second-order valence-corrected chi connectivity index (χ2v) is 32.6. The summed E-state index contributed by atoms with van der Waals surface area (Å²) in [7, 11) is -0.556. The molecule has 0 aliphatic carbocycles. The number of aliphatic hydroxyl groups is 3. The average molecular weight is 1710 g/mol. The number of alkyl halides is 3. The molecule has 9 fully saturated rings. The number of ether oxygens (including phenoxy) is 3. The number of aromatic nitrogens is 3. The van der Waals surface area contributed by atoms with Gasteiger partial charge in [0.25, 0.3) is 0 Å². The number of β-amino-alcohol motifs (C(OH)–C–C–N with tert-alkyl or cyclic N) is 3. The third-order valence-electron chi connectivity index (χ3n) is 20.2. The first-order valence-corrected chi connectivity index (χ1v) is 37.9. The molecule has 0 spiro atoms. The van der Waals surface area contributed by atoms with Crippen LogP contribution in [0.1, 0.15) is 99.6 Å². The fraction of sp³-hybridized carbons (Fsp3) is 0.608. The molecule has 580 valence electrons. The lowest BCUT2D eigenvalue weighted by Crippen LogP contribution is -2.60. The van der Waals surface area contributed by atoms with Gasteiger partial charge in [-0.05, 0) is 209 Å². The van der Waals surface area contributed by atoms with Crippen molar-refractivity contribution in [3.05, 3.63) is 97.0 Å². The number of nitrogens with one attached hydrogen (secondary N) is 3. The molecule has 9 aliphatic heterocycles. The number of likely N-dealkylation sites (tertiary alicyclic amines) is 2. The molecule has 9 aliphatic rings. The van der Waals surface area contributed by atoms with Crippen LogP contribution in [0.3, 0.4) is 0 Å². The molecule has 4 amide bonds. The number of halogens is 6. The quantitative estimate of drug-likeness (QED) is 0.0312. The molecule has 2 aromatic carbocycles. The Hall–Kier alpha value is -5.34. The van der Waals surface area contributed by atoms with Crippen molar-refractivity contribution in [3.63, 3.8) is 0 Å². The summed E-state index contributed by atoms with van der Waals surface area (Å²) in [6.45, 7) is 34.9. The monoisotopic (exact) mass is 1710 g/mol. The summed E-state index contributed by atoms with van der Waals surface area (Å²) in [6.07, 6.45) is -2.50. The van der Waals surface area contributed by atoms with Gasteiger partial charge >= 0.3 is 25.4 Å². The van der Waals surface area contributed by atoms with E-state index in [0.717, 1.165) is 152 Å². The topological polar surface area (TPSA) is 238 Å². The molecular formula is C74H108BF4I2N13O10S. The van der Waals surface area contributed by atoms with Gasteiger partial charge in [-0.2, -0.15) is 31.1 Å². The number of benzene rings is 2. The van der Waals surface area contributed by atoms with Crippen LogP contribution in [0.4, 0.5) is 67.6 Å². The molecule has 23 nitrogen and oxygen atoms in total. The molecular weight excluding hydrogens is 1600 g/mol. The van der Waals surface area contributed by atoms with E-state index in [-0.39, 0.29) is 39.1 Å². The highest BCUT2D eigenvalue weighted by Gasteiger charge is 2.52. The maximum absolute atomic E-state index is 13.0. The van der Waals surface area contributed by atoms with E-state index in [1.165, 1.54) is 14.5 Å². The van der Waals surface area contributed by atoms with Gasteiger partial charge in [-0.1, -0.05) is 38.5 Å². The smallest absolute Gasteiger partial charge is 0.399 e. The van der Waals surface area contributed by atoms with Crippen molar-refractivity contribution in [2.24, 2.45) is 11.8 Å². The highest BCUT2D eigenvalue weighted by atomic mass is 127. The van der Waals surface area contributed by atoms with Crippen molar-refractivity contribution in [3.8, 4) is 11.1 Å². The van der Waals surface area contributed by atoms with Crippen molar-refractivity contribution in [2.45, 2.75) is 137 Å². The zero-order valence-electron chi connectivity index (χ0n) is 61.5. The number of amides is 4. The Morgan fingerprint density at radius 1 is 0.571 bits per heavy atom. The maximum Gasteiger partial charge on any atom is 0.495 e. The lowest BCUT2D eigenvalue weighted by molar-refractivity contribution is -0.143. The van der Waals surface area contributed by atoms with E-state index in [2.05, 4.69) is 136 Å². The third-order valence-corrected chi connectivity index (χ3v) is 21.4. The number of carbonyl (C=O) groups is 2. The molecule has 0 saturated carbocycles. The number of carbonyl (C=O) groups excluding carboxylic acids is 2. The number of hydrogen-bond acceptors (Lipinski definition) is 19. The van der Waals surface area contributed by atoms with Crippen molar-refractivity contribution in [1.29, 1.82) is 0 Å². The summed E-state index contributed by atoms with van der Waals surface area (Å²) >= 11 is 4.41. The van der Waals surface area contributed by atoms with Crippen molar-refractivity contribution < 1.29 is 66.0 Å². The van der Waals surface area contributed by atoms with Crippen LogP contribution in [0.2, 0.25) is 0 Å². The number of anilines is 7. The fourth-order valence-corrected chi connectivity index (χ4v) is 14.4. The van der Waals surface area contributed by atoms with Gasteiger partial charge in [-0.25, -0.2) is 24.5 Å². The molecule has 2 atom stereocenters. The molecule has 31 heteroatoms. The number of rotatable bonds is 11. The van der Waals surface area contributed by atoms with E-state index in [1.807, 2.05) is 83.4 Å². The lowest BCUT2D eigenvalue weighted by Gasteiger charge is -2.45. The minimum absolute atomic E-state index is 0. The molecule has 0 bridgehead atoms. The first-order valence-electron chi connectivity index (χ1n) is 35.7. The summed E-state index contributed by atoms with van der Waals surface area (Å²) in [6, 6.07) is 22.8. The largest absolute Gasteiger partial charge is 0.495 e.